The number of ether oxygens (including phenoxy) is 2. The summed E-state index contributed by atoms with van der Waals surface area (Å²) in [4.78, 5) is 24.8. The number of carbonyl (C=O) groups excluding carboxylic acids is 2. The van der Waals surface area contributed by atoms with Gasteiger partial charge in [-0.05, 0) is 210 Å². The van der Waals surface area contributed by atoms with Gasteiger partial charge in [0.15, 0.2) is 8.32 Å². The van der Waals surface area contributed by atoms with Crippen LogP contribution in [0.15, 0.2) is 0 Å². The molecule has 0 amide bonds. The fourth-order valence-electron chi connectivity index (χ4n) is 12.4. The first-order valence-electron chi connectivity index (χ1n) is 20.2. The normalized spacial score (nSPS) is 41.3. The molecule has 14 unspecified atom stereocenters. The molecule has 0 aromatic rings. The Morgan fingerprint density at radius 2 is 0.820 bits per heavy atom. The average molecular weight is 754 g/mol. The third-order valence-corrected chi connectivity index (χ3v) is 16.6. The third-order valence-electron chi connectivity index (χ3n) is 14.0. The molecule has 0 spiro atoms. The highest BCUT2D eigenvalue weighted by Gasteiger charge is 2.65. The molecule has 8 aliphatic carbocycles. The molecule has 0 saturated heterocycles. The summed E-state index contributed by atoms with van der Waals surface area (Å²) >= 11 is 5.63. The molecule has 8 rings (SSSR count). The summed E-state index contributed by atoms with van der Waals surface area (Å²) in [6.07, 6.45) is 13.7. The molecule has 0 aromatic carbocycles. The van der Waals surface area contributed by atoms with Crippen molar-refractivity contribution in [1.82, 2.24) is 0 Å². The number of hydrogen-bond donors (Lipinski definition) is 0. The van der Waals surface area contributed by atoms with Gasteiger partial charge in [-0.15, -0.1) is 11.1 Å². The van der Waals surface area contributed by atoms with Crippen LogP contribution in [0.25, 0.3) is 0 Å². The smallest absolute Gasteiger partial charge is 0.309 e. The molecule has 288 valence electrons. The van der Waals surface area contributed by atoms with Crippen LogP contribution in [-0.2, 0) is 27.9 Å². The summed E-state index contributed by atoms with van der Waals surface area (Å²) in [5.41, 5.74) is -0.653. The zero-order chi connectivity index (χ0) is 37.1. The molecule has 0 aromatic heterocycles. The Hall–Kier alpha value is -0.416. The number of rotatable bonds is 4. The zero-order valence-corrected chi connectivity index (χ0v) is 36.7. The second-order valence-electron chi connectivity index (χ2n) is 20.9. The lowest BCUT2D eigenvalue weighted by atomic mass is 9.67. The van der Waals surface area contributed by atoms with Crippen molar-refractivity contribution in [3.05, 3.63) is 0 Å². The monoisotopic (exact) mass is 752 g/mol. The molecule has 8 saturated carbocycles. The molecule has 0 N–H and O–H groups in total. The summed E-state index contributed by atoms with van der Waals surface area (Å²) < 4.78 is 21.2. The van der Waals surface area contributed by atoms with E-state index in [2.05, 4.69) is 19.6 Å². The van der Waals surface area contributed by atoms with Gasteiger partial charge < -0.3 is 18.3 Å². The number of esters is 2. The minimum Gasteiger partial charge on any atom is -0.460 e. The lowest BCUT2D eigenvalue weighted by Crippen LogP contribution is -2.38. The van der Waals surface area contributed by atoms with E-state index in [1.165, 1.54) is 51.4 Å². The second kappa shape index (κ2) is 15.0. The van der Waals surface area contributed by atoms with E-state index in [1.54, 1.807) is 14.2 Å². The standard InChI is InChI=1S/2C17H26O2.C4H12OSi.C3H9ClOSi/c2*1-17(2,3)19-16(18)13-8-11-7-12(13)15-10-5-4-9(6-10)14(11)15;2*1-5-6(2,3)4/h2*9-15H,4-8H2,1-3H3;1-4H3;1-3H3. The average Bonchev–Trinajstić information content (AvgIpc) is 3.85. The fourth-order valence-corrected chi connectivity index (χ4v) is 12.4. The van der Waals surface area contributed by atoms with Crippen LogP contribution in [0.5, 0.6) is 0 Å². The number of fused-ring (bicyclic) bond motifs is 18. The number of carbonyl (C=O) groups is 2. The van der Waals surface area contributed by atoms with Gasteiger partial charge in [-0.2, -0.15) is 0 Å². The van der Waals surface area contributed by atoms with Crippen molar-refractivity contribution >= 4 is 39.0 Å². The lowest BCUT2D eigenvalue weighted by Gasteiger charge is -2.38. The molecule has 8 aliphatic rings. The van der Waals surface area contributed by atoms with Gasteiger partial charge in [0.25, 0.3) is 7.63 Å². The quantitative estimate of drug-likeness (QED) is 0.123. The Labute approximate surface area is 312 Å². The highest BCUT2D eigenvalue weighted by Crippen LogP contribution is 2.70. The van der Waals surface area contributed by atoms with Crippen LogP contribution in [0.4, 0.5) is 0 Å². The highest BCUT2D eigenvalue weighted by molar-refractivity contribution is 7.15. The lowest BCUT2D eigenvalue weighted by molar-refractivity contribution is -0.164. The number of hydrogen-bond acceptors (Lipinski definition) is 6. The molecule has 8 fully saturated rings. The van der Waals surface area contributed by atoms with Gasteiger partial charge in [0, 0.05) is 14.2 Å². The Balaban J connectivity index is 0.000000148. The van der Waals surface area contributed by atoms with Crippen LogP contribution < -0.4 is 0 Å². The first-order valence-corrected chi connectivity index (χ1v) is 27.6. The van der Waals surface area contributed by atoms with Crippen molar-refractivity contribution in [1.29, 1.82) is 0 Å². The minimum absolute atomic E-state index is 0.0984. The van der Waals surface area contributed by atoms with Crippen molar-refractivity contribution in [3.63, 3.8) is 0 Å². The molecule has 50 heavy (non-hydrogen) atoms. The van der Waals surface area contributed by atoms with Crippen LogP contribution in [0.3, 0.4) is 0 Å². The first kappa shape index (κ1) is 40.8. The molecule has 0 heterocycles. The summed E-state index contributed by atoms with van der Waals surface area (Å²) in [5.74, 6) is 11.4. The van der Waals surface area contributed by atoms with Crippen molar-refractivity contribution in [2.24, 2.45) is 82.9 Å². The second-order valence-corrected chi connectivity index (χ2v) is 31.4. The van der Waals surface area contributed by atoms with E-state index in [0.29, 0.717) is 11.8 Å². The summed E-state index contributed by atoms with van der Waals surface area (Å²) in [7, 11) is 0.618. The SMILES string of the molecule is CC(C)(C)OC(=O)C1CC2CC1C1C3CCC(C3)C21.CC(C)(C)OC(=O)C1CC2CC1C1C3CCC(C3)C21.CO[Si](C)(C)C.CO[Si](C)(C)Cl. The molecule has 9 heteroatoms. The summed E-state index contributed by atoms with van der Waals surface area (Å²) in [5, 5.41) is 0. The van der Waals surface area contributed by atoms with E-state index in [4.69, 9.17) is 29.4 Å². The van der Waals surface area contributed by atoms with Crippen LogP contribution in [-0.4, -0.2) is 53.3 Å². The van der Waals surface area contributed by atoms with E-state index in [0.717, 1.165) is 72.0 Å². The van der Waals surface area contributed by atoms with Crippen molar-refractivity contribution < 1.29 is 27.9 Å². The molecular formula is C41H73ClO6Si2. The van der Waals surface area contributed by atoms with Gasteiger partial charge in [0.1, 0.15) is 11.2 Å². The molecule has 0 radical (unpaired) electrons. The van der Waals surface area contributed by atoms with Crippen molar-refractivity contribution in [3.8, 4) is 0 Å². The Bertz CT molecular complexity index is 1110. The largest absolute Gasteiger partial charge is 0.460 e. The predicted octanol–water partition coefficient (Wildman–Crippen LogP) is 10.3. The van der Waals surface area contributed by atoms with Gasteiger partial charge >= 0.3 is 11.9 Å². The van der Waals surface area contributed by atoms with E-state index in [9.17, 15) is 9.59 Å². The van der Waals surface area contributed by atoms with Gasteiger partial charge in [-0.3, -0.25) is 9.59 Å². The predicted molar refractivity (Wildman–Crippen MR) is 207 cm³/mol. The van der Waals surface area contributed by atoms with Gasteiger partial charge in [-0.1, -0.05) is 0 Å². The molecule has 14 atom stereocenters. The van der Waals surface area contributed by atoms with Gasteiger partial charge in [0.05, 0.1) is 11.8 Å². The van der Waals surface area contributed by atoms with Crippen LogP contribution in [0.2, 0.25) is 32.7 Å². The fraction of sp³-hybridized carbons (Fsp3) is 0.951. The van der Waals surface area contributed by atoms with Crippen molar-refractivity contribution in [2.45, 2.75) is 150 Å². The Morgan fingerprint density at radius 1 is 0.520 bits per heavy atom. The van der Waals surface area contributed by atoms with Crippen LogP contribution in [0, 0.1) is 82.9 Å². The zero-order valence-electron chi connectivity index (χ0n) is 34.0. The topological polar surface area (TPSA) is 71.1 Å². The first-order chi connectivity index (χ1) is 23.0. The van der Waals surface area contributed by atoms with Crippen molar-refractivity contribution in [2.75, 3.05) is 14.2 Å². The van der Waals surface area contributed by atoms with E-state index in [-0.39, 0.29) is 35.0 Å². The van der Waals surface area contributed by atoms with E-state index < -0.39 is 15.9 Å². The molecule has 0 aliphatic heterocycles. The van der Waals surface area contributed by atoms with E-state index >= 15 is 0 Å². The maximum Gasteiger partial charge on any atom is 0.309 e. The van der Waals surface area contributed by atoms with Gasteiger partial charge in [-0.25, -0.2) is 0 Å². The Morgan fingerprint density at radius 3 is 1.08 bits per heavy atom. The maximum atomic E-state index is 12.4. The third kappa shape index (κ3) is 9.26. The molecule has 6 nitrogen and oxygen atoms in total. The van der Waals surface area contributed by atoms with Crippen LogP contribution >= 0.6 is 11.1 Å². The molecule has 8 bridgehead atoms. The summed E-state index contributed by atoms with van der Waals surface area (Å²) in [6.45, 7) is 22.2. The van der Waals surface area contributed by atoms with E-state index in [1.807, 2.05) is 54.6 Å². The van der Waals surface area contributed by atoms with Gasteiger partial charge in [0.2, 0.25) is 0 Å². The minimum atomic E-state index is -1.66. The van der Waals surface area contributed by atoms with Crippen LogP contribution in [0.1, 0.15) is 106 Å². The molecular weight excluding hydrogens is 680 g/mol. The Kier molecular flexibility index (Phi) is 12.2. The highest BCUT2D eigenvalue weighted by atomic mass is 35.6. The summed E-state index contributed by atoms with van der Waals surface area (Å²) in [6, 6.07) is 0. The maximum absolute atomic E-state index is 12.4. The number of halogens is 1.